The third kappa shape index (κ3) is 4.24. The number of benzene rings is 1. The summed E-state index contributed by atoms with van der Waals surface area (Å²) >= 11 is 0. The molecule has 4 heteroatoms. The summed E-state index contributed by atoms with van der Waals surface area (Å²) in [5, 5.41) is 0. The lowest BCUT2D eigenvalue weighted by Gasteiger charge is -2.08. The van der Waals surface area contributed by atoms with E-state index in [0.717, 1.165) is 35.8 Å². The number of aromatic nitrogens is 1. The van der Waals surface area contributed by atoms with Crippen molar-refractivity contribution in [3.63, 3.8) is 0 Å². The second kappa shape index (κ2) is 7.50. The van der Waals surface area contributed by atoms with Gasteiger partial charge in [-0.1, -0.05) is 13.0 Å². The summed E-state index contributed by atoms with van der Waals surface area (Å²) in [6, 6.07) is 11.5. The zero-order valence-corrected chi connectivity index (χ0v) is 11.7. The van der Waals surface area contributed by atoms with E-state index < -0.39 is 0 Å². The molecule has 106 valence electrons. The molecule has 2 aromatic rings. The number of rotatable bonds is 7. The molecule has 0 bridgehead atoms. The van der Waals surface area contributed by atoms with Crippen LogP contribution in [-0.4, -0.2) is 11.6 Å². The molecule has 0 saturated heterocycles. The molecule has 0 atom stereocenters. The van der Waals surface area contributed by atoms with E-state index in [9.17, 15) is 0 Å². The number of hydrogen-bond acceptors (Lipinski definition) is 4. The third-order valence-electron chi connectivity index (χ3n) is 2.80. The standard InChI is InChI=1S/C16H20N2O2/c1-2-9-19-15-5-7-16(8-6-15)20-12-14-4-3-13(10-17)11-18-14/h3-8,11H,2,9-10,12,17H2,1H3. The summed E-state index contributed by atoms with van der Waals surface area (Å²) in [6.45, 7) is 3.77. The molecule has 2 rings (SSSR count). The van der Waals surface area contributed by atoms with E-state index in [4.69, 9.17) is 15.2 Å². The van der Waals surface area contributed by atoms with E-state index in [0.29, 0.717) is 13.2 Å². The average molecular weight is 272 g/mol. The highest BCUT2D eigenvalue weighted by atomic mass is 16.5. The Labute approximate surface area is 119 Å². The number of pyridine rings is 1. The van der Waals surface area contributed by atoms with Gasteiger partial charge in [0.15, 0.2) is 0 Å². The van der Waals surface area contributed by atoms with Crippen molar-refractivity contribution in [1.29, 1.82) is 0 Å². The molecule has 0 amide bonds. The second-order valence-corrected chi connectivity index (χ2v) is 4.47. The van der Waals surface area contributed by atoms with Gasteiger partial charge >= 0.3 is 0 Å². The molecular formula is C16H20N2O2. The SMILES string of the molecule is CCCOc1ccc(OCc2ccc(CN)cn2)cc1. The maximum absolute atomic E-state index is 5.68. The van der Waals surface area contributed by atoms with Gasteiger partial charge in [0.05, 0.1) is 12.3 Å². The Bertz CT molecular complexity index is 509. The highest BCUT2D eigenvalue weighted by molar-refractivity contribution is 5.31. The molecule has 2 N–H and O–H groups in total. The molecule has 0 aliphatic heterocycles. The van der Waals surface area contributed by atoms with Crippen LogP contribution in [0, 0.1) is 0 Å². The molecule has 4 nitrogen and oxygen atoms in total. The predicted molar refractivity (Wildman–Crippen MR) is 78.7 cm³/mol. The van der Waals surface area contributed by atoms with Gasteiger partial charge in [-0.15, -0.1) is 0 Å². The van der Waals surface area contributed by atoms with Crippen LogP contribution in [0.1, 0.15) is 24.6 Å². The Kier molecular flexibility index (Phi) is 5.38. The van der Waals surface area contributed by atoms with Crippen molar-refractivity contribution >= 4 is 0 Å². The first-order valence-electron chi connectivity index (χ1n) is 6.81. The van der Waals surface area contributed by atoms with Gasteiger partial charge in [0.2, 0.25) is 0 Å². The maximum Gasteiger partial charge on any atom is 0.130 e. The summed E-state index contributed by atoms with van der Waals surface area (Å²) in [7, 11) is 0. The molecule has 1 heterocycles. The molecule has 0 unspecified atom stereocenters. The molecule has 20 heavy (non-hydrogen) atoms. The first-order chi connectivity index (χ1) is 9.81. The van der Waals surface area contributed by atoms with Crippen molar-refractivity contribution in [2.24, 2.45) is 5.73 Å². The minimum absolute atomic E-state index is 0.444. The summed E-state index contributed by atoms with van der Waals surface area (Å²) < 4.78 is 11.2. The molecule has 0 radical (unpaired) electrons. The fourth-order valence-electron chi connectivity index (χ4n) is 1.67. The molecule has 1 aromatic carbocycles. The maximum atomic E-state index is 5.68. The topological polar surface area (TPSA) is 57.4 Å². The Morgan fingerprint density at radius 2 is 1.70 bits per heavy atom. The molecule has 0 spiro atoms. The largest absolute Gasteiger partial charge is 0.494 e. The van der Waals surface area contributed by atoms with Gasteiger partial charge in [0.1, 0.15) is 18.1 Å². The summed E-state index contributed by atoms with van der Waals surface area (Å²) in [4.78, 5) is 4.29. The van der Waals surface area contributed by atoms with Crippen LogP contribution in [0.25, 0.3) is 0 Å². The third-order valence-corrected chi connectivity index (χ3v) is 2.80. The average Bonchev–Trinajstić information content (AvgIpc) is 2.52. The molecular weight excluding hydrogens is 252 g/mol. The van der Waals surface area contributed by atoms with Crippen LogP contribution in [-0.2, 0) is 13.2 Å². The number of ether oxygens (including phenoxy) is 2. The monoisotopic (exact) mass is 272 g/mol. The summed E-state index contributed by atoms with van der Waals surface area (Å²) in [6.07, 6.45) is 2.78. The quantitative estimate of drug-likeness (QED) is 0.842. The van der Waals surface area contributed by atoms with Crippen LogP contribution in [0.5, 0.6) is 11.5 Å². The van der Waals surface area contributed by atoms with Gasteiger partial charge in [-0.2, -0.15) is 0 Å². The minimum Gasteiger partial charge on any atom is -0.494 e. The van der Waals surface area contributed by atoms with E-state index in [1.807, 2.05) is 36.4 Å². The van der Waals surface area contributed by atoms with E-state index in [1.165, 1.54) is 0 Å². The van der Waals surface area contributed by atoms with Gasteiger partial charge in [0.25, 0.3) is 0 Å². The van der Waals surface area contributed by atoms with Crippen molar-refractivity contribution in [2.75, 3.05) is 6.61 Å². The Morgan fingerprint density at radius 3 is 2.25 bits per heavy atom. The lowest BCUT2D eigenvalue weighted by atomic mass is 10.2. The Morgan fingerprint density at radius 1 is 1.00 bits per heavy atom. The van der Waals surface area contributed by atoms with Crippen molar-refractivity contribution in [1.82, 2.24) is 4.98 Å². The number of nitrogens with zero attached hydrogens (tertiary/aromatic N) is 1. The summed E-state index contributed by atoms with van der Waals surface area (Å²) in [5.74, 6) is 1.67. The minimum atomic E-state index is 0.444. The van der Waals surface area contributed by atoms with Gasteiger partial charge in [-0.05, 0) is 42.3 Å². The molecule has 0 aliphatic carbocycles. The van der Waals surface area contributed by atoms with E-state index >= 15 is 0 Å². The fraction of sp³-hybridized carbons (Fsp3) is 0.312. The highest BCUT2D eigenvalue weighted by Crippen LogP contribution is 2.18. The normalized spacial score (nSPS) is 10.3. The van der Waals surface area contributed by atoms with Crippen LogP contribution >= 0.6 is 0 Å². The van der Waals surface area contributed by atoms with Gasteiger partial charge < -0.3 is 15.2 Å². The number of hydrogen-bond donors (Lipinski definition) is 1. The fourth-order valence-corrected chi connectivity index (χ4v) is 1.67. The lowest BCUT2D eigenvalue weighted by Crippen LogP contribution is -2.01. The van der Waals surface area contributed by atoms with Crippen molar-refractivity contribution in [3.05, 3.63) is 53.9 Å². The predicted octanol–water partition coefficient (Wildman–Crippen LogP) is 2.91. The smallest absolute Gasteiger partial charge is 0.130 e. The van der Waals surface area contributed by atoms with Crippen LogP contribution in [0.15, 0.2) is 42.6 Å². The first-order valence-corrected chi connectivity index (χ1v) is 6.81. The van der Waals surface area contributed by atoms with Crippen LogP contribution in [0.3, 0.4) is 0 Å². The first kappa shape index (κ1) is 14.3. The Balaban J connectivity index is 1.86. The summed E-state index contributed by atoms with van der Waals surface area (Å²) in [5.41, 5.74) is 7.43. The number of nitrogens with two attached hydrogens (primary N) is 1. The van der Waals surface area contributed by atoms with Crippen molar-refractivity contribution in [2.45, 2.75) is 26.5 Å². The van der Waals surface area contributed by atoms with Crippen LogP contribution in [0.2, 0.25) is 0 Å². The molecule has 0 fully saturated rings. The van der Waals surface area contributed by atoms with Gasteiger partial charge in [-0.3, -0.25) is 4.98 Å². The lowest BCUT2D eigenvalue weighted by molar-refractivity contribution is 0.297. The van der Waals surface area contributed by atoms with Gasteiger partial charge in [-0.25, -0.2) is 0 Å². The van der Waals surface area contributed by atoms with Crippen molar-refractivity contribution < 1.29 is 9.47 Å². The second-order valence-electron chi connectivity index (χ2n) is 4.47. The molecule has 1 aromatic heterocycles. The van der Waals surface area contributed by atoms with Gasteiger partial charge in [0, 0.05) is 12.7 Å². The molecule has 0 saturated carbocycles. The Hall–Kier alpha value is -2.07. The van der Waals surface area contributed by atoms with E-state index in [2.05, 4.69) is 11.9 Å². The van der Waals surface area contributed by atoms with Crippen molar-refractivity contribution in [3.8, 4) is 11.5 Å². The zero-order valence-electron chi connectivity index (χ0n) is 11.7. The highest BCUT2D eigenvalue weighted by Gasteiger charge is 1.99. The van der Waals surface area contributed by atoms with E-state index in [-0.39, 0.29) is 0 Å². The van der Waals surface area contributed by atoms with Crippen LogP contribution in [0.4, 0.5) is 0 Å². The molecule has 0 aliphatic rings. The zero-order chi connectivity index (χ0) is 14.2. The van der Waals surface area contributed by atoms with Crippen LogP contribution < -0.4 is 15.2 Å². The van der Waals surface area contributed by atoms with E-state index in [1.54, 1.807) is 6.20 Å².